The summed E-state index contributed by atoms with van der Waals surface area (Å²) in [6, 6.07) is 0. The third-order valence-electron chi connectivity index (χ3n) is 3.62. The predicted molar refractivity (Wildman–Crippen MR) is 88.7 cm³/mol. The van der Waals surface area contributed by atoms with Crippen LogP contribution in [0.1, 0.15) is 85.0 Å². The molecule has 0 aliphatic carbocycles. The number of unbranched alkanes of at least 4 members (excludes halogenated alkanes) is 4. The van der Waals surface area contributed by atoms with Gasteiger partial charge in [0.05, 0.1) is 12.5 Å². The molecule has 0 spiro atoms. The maximum absolute atomic E-state index is 11.8. The van der Waals surface area contributed by atoms with E-state index in [0.717, 1.165) is 57.8 Å². The number of hydrogen-bond acceptors (Lipinski definition) is 5. The Morgan fingerprint density at radius 3 is 2.13 bits per heavy atom. The highest BCUT2D eigenvalue weighted by Crippen LogP contribution is 2.18. The molecule has 0 amide bonds. The number of esters is 3. The summed E-state index contributed by atoms with van der Waals surface area (Å²) in [5.41, 5.74) is 0. The van der Waals surface area contributed by atoms with Crippen molar-refractivity contribution in [2.75, 3.05) is 6.61 Å². The van der Waals surface area contributed by atoms with Gasteiger partial charge in [-0.2, -0.15) is 0 Å². The van der Waals surface area contributed by atoms with Gasteiger partial charge in [-0.25, -0.2) is 0 Å². The van der Waals surface area contributed by atoms with Crippen LogP contribution < -0.4 is 0 Å². The Morgan fingerprint density at radius 2 is 1.52 bits per heavy atom. The highest BCUT2D eigenvalue weighted by Gasteiger charge is 2.20. The molecule has 5 heteroatoms. The molecule has 134 valence electrons. The predicted octanol–water partition coefficient (Wildman–Crippen LogP) is 4.18. The van der Waals surface area contributed by atoms with Gasteiger partial charge in [0.15, 0.2) is 0 Å². The fourth-order valence-electron chi connectivity index (χ4n) is 2.43. The Bertz CT molecular complexity index is 351. The molecule has 0 N–H and O–H groups in total. The molecule has 5 nitrogen and oxygen atoms in total. The quantitative estimate of drug-likeness (QED) is 0.288. The first kappa shape index (κ1) is 21.6. The van der Waals surface area contributed by atoms with Crippen molar-refractivity contribution in [2.45, 2.75) is 85.0 Å². The van der Waals surface area contributed by atoms with E-state index < -0.39 is 11.9 Å². The van der Waals surface area contributed by atoms with Crippen molar-refractivity contribution >= 4 is 17.9 Å². The second kappa shape index (κ2) is 14.2. The number of ether oxygens (including phenoxy) is 2. The molecular formula is C18H32O5. The van der Waals surface area contributed by atoms with Gasteiger partial charge in [0.25, 0.3) is 0 Å². The first-order valence-corrected chi connectivity index (χ1v) is 8.89. The average molecular weight is 328 g/mol. The Kier molecular flexibility index (Phi) is 13.4. The summed E-state index contributed by atoms with van der Waals surface area (Å²) in [6.07, 6.45) is 8.63. The van der Waals surface area contributed by atoms with Crippen LogP contribution in [0.2, 0.25) is 0 Å². The van der Waals surface area contributed by atoms with Crippen LogP contribution in [0.15, 0.2) is 0 Å². The molecule has 23 heavy (non-hydrogen) atoms. The standard InChI is InChI=1S/C18H32O5/c1-4-11-16(18(21)23-15(3)19)12-9-7-6-8-10-13-17(20)22-14-5-2/h16H,4-14H2,1-3H3. The SMILES string of the molecule is CCCOC(=O)CCCCCCCC(CCC)C(=O)OC(C)=O. The fraction of sp³-hybridized carbons (Fsp3) is 0.833. The van der Waals surface area contributed by atoms with E-state index in [-0.39, 0.29) is 11.9 Å². The zero-order chi connectivity index (χ0) is 17.5. The molecule has 0 rings (SSSR count). The smallest absolute Gasteiger partial charge is 0.316 e. The molecule has 0 saturated heterocycles. The van der Waals surface area contributed by atoms with Crippen LogP contribution in [0.25, 0.3) is 0 Å². The average Bonchev–Trinajstić information content (AvgIpc) is 2.50. The molecule has 0 aromatic carbocycles. The van der Waals surface area contributed by atoms with Gasteiger partial charge in [0, 0.05) is 13.3 Å². The van der Waals surface area contributed by atoms with Crippen molar-refractivity contribution in [3.63, 3.8) is 0 Å². The lowest BCUT2D eigenvalue weighted by Crippen LogP contribution is -2.20. The van der Waals surface area contributed by atoms with Crippen molar-refractivity contribution in [3.8, 4) is 0 Å². The van der Waals surface area contributed by atoms with Crippen molar-refractivity contribution in [2.24, 2.45) is 5.92 Å². The summed E-state index contributed by atoms with van der Waals surface area (Å²) >= 11 is 0. The molecule has 0 aromatic heterocycles. The summed E-state index contributed by atoms with van der Waals surface area (Å²) in [7, 11) is 0. The van der Waals surface area contributed by atoms with E-state index in [2.05, 4.69) is 4.74 Å². The van der Waals surface area contributed by atoms with E-state index in [0.29, 0.717) is 13.0 Å². The fourth-order valence-corrected chi connectivity index (χ4v) is 2.43. The number of rotatable bonds is 13. The van der Waals surface area contributed by atoms with E-state index in [4.69, 9.17) is 4.74 Å². The molecule has 1 atom stereocenters. The van der Waals surface area contributed by atoms with E-state index in [1.807, 2.05) is 13.8 Å². The second-order valence-corrected chi connectivity index (χ2v) is 5.93. The molecule has 0 radical (unpaired) electrons. The van der Waals surface area contributed by atoms with E-state index in [1.54, 1.807) is 0 Å². The Balaban J connectivity index is 3.72. The summed E-state index contributed by atoms with van der Waals surface area (Å²) in [4.78, 5) is 33.9. The van der Waals surface area contributed by atoms with Gasteiger partial charge in [-0.05, 0) is 25.7 Å². The Hall–Kier alpha value is -1.39. The van der Waals surface area contributed by atoms with Crippen molar-refractivity contribution in [1.29, 1.82) is 0 Å². The Labute approximate surface area is 140 Å². The third kappa shape index (κ3) is 12.8. The zero-order valence-electron chi connectivity index (χ0n) is 14.9. The van der Waals surface area contributed by atoms with Crippen molar-refractivity contribution in [3.05, 3.63) is 0 Å². The minimum absolute atomic E-state index is 0.109. The molecule has 0 aromatic rings. The number of carbonyl (C=O) groups excluding carboxylic acids is 3. The normalized spacial score (nSPS) is 11.8. The maximum atomic E-state index is 11.8. The van der Waals surface area contributed by atoms with E-state index >= 15 is 0 Å². The van der Waals surface area contributed by atoms with Gasteiger partial charge in [0.2, 0.25) is 0 Å². The van der Waals surface area contributed by atoms with Gasteiger partial charge < -0.3 is 9.47 Å². The minimum Gasteiger partial charge on any atom is -0.466 e. The molecule has 0 aliphatic heterocycles. The van der Waals surface area contributed by atoms with Crippen molar-refractivity contribution in [1.82, 2.24) is 0 Å². The van der Waals surface area contributed by atoms with Crippen LogP contribution in [0.5, 0.6) is 0 Å². The second-order valence-electron chi connectivity index (χ2n) is 5.93. The van der Waals surface area contributed by atoms with Gasteiger partial charge in [-0.3, -0.25) is 14.4 Å². The van der Waals surface area contributed by atoms with E-state index in [1.165, 1.54) is 6.92 Å². The number of carbonyl (C=O) groups is 3. The van der Waals surface area contributed by atoms with Gasteiger partial charge in [-0.1, -0.05) is 46.0 Å². The molecule has 0 fully saturated rings. The van der Waals surface area contributed by atoms with Crippen molar-refractivity contribution < 1.29 is 23.9 Å². The minimum atomic E-state index is -0.536. The third-order valence-corrected chi connectivity index (χ3v) is 3.62. The first-order valence-electron chi connectivity index (χ1n) is 8.89. The maximum Gasteiger partial charge on any atom is 0.316 e. The van der Waals surface area contributed by atoms with Crippen LogP contribution >= 0.6 is 0 Å². The largest absolute Gasteiger partial charge is 0.466 e. The van der Waals surface area contributed by atoms with Crippen LogP contribution in [-0.4, -0.2) is 24.5 Å². The molecule has 0 saturated carbocycles. The van der Waals surface area contributed by atoms with E-state index in [9.17, 15) is 14.4 Å². The van der Waals surface area contributed by atoms with Crippen LogP contribution in [-0.2, 0) is 23.9 Å². The molecule has 0 bridgehead atoms. The molecular weight excluding hydrogens is 296 g/mol. The summed E-state index contributed by atoms with van der Waals surface area (Å²) in [5, 5.41) is 0. The van der Waals surface area contributed by atoms with Crippen LogP contribution in [0, 0.1) is 5.92 Å². The first-order chi connectivity index (χ1) is 11.0. The monoisotopic (exact) mass is 328 g/mol. The highest BCUT2D eigenvalue weighted by molar-refractivity contribution is 5.85. The summed E-state index contributed by atoms with van der Waals surface area (Å²) < 4.78 is 9.71. The molecule has 1 unspecified atom stereocenters. The lowest BCUT2D eigenvalue weighted by molar-refractivity contribution is -0.161. The van der Waals surface area contributed by atoms with Gasteiger partial charge >= 0.3 is 17.9 Å². The number of hydrogen-bond donors (Lipinski definition) is 0. The topological polar surface area (TPSA) is 69.7 Å². The van der Waals surface area contributed by atoms with Crippen LogP contribution in [0.3, 0.4) is 0 Å². The van der Waals surface area contributed by atoms with Crippen LogP contribution in [0.4, 0.5) is 0 Å². The summed E-state index contributed by atoms with van der Waals surface area (Å²) in [5.74, 6) is -1.21. The highest BCUT2D eigenvalue weighted by atomic mass is 16.6. The lowest BCUT2D eigenvalue weighted by atomic mass is 9.96. The van der Waals surface area contributed by atoms with Gasteiger partial charge in [-0.15, -0.1) is 0 Å². The summed E-state index contributed by atoms with van der Waals surface area (Å²) in [6.45, 7) is 5.76. The zero-order valence-corrected chi connectivity index (χ0v) is 14.9. The van der Waals surface area contributed by atoms with Gasteiger partial charge in [0.1, 0.15) is 0 Å². The Morgan fingerprint density at radius 1 is 0.870 bits per heavy atom. The molecule has 0 heterocycles. The molecule has 0 aliphatic rings. The lowest BCUT2D eigenvalue weighted by Gasteiger charge is -2.13.